The predicted octanol–water partition coefficient (Wildman–Crippen LogP) is 2.82. The van der Waals surface area contributed by atoms with Gasteiger partial charge in [-0.05, 0) is 13.8 Å². The van der Waals surface area contributed by atoms with Crippen molar-refractivity contribution in [2.45, 2.75) is 32.7 Å². The third-order valence-electron chi connectivity index (χ3n) is 2.14. The minimum Gasteiger partial charge on any atom is -0.481 e. The Bertz CT molecular complexity index is 406. The fraction of sp³-hybridized carbons (Fsp3) is 0.556. The molecule has 0 fully saturated rings. The zero-order valence-electron chi connectivity index (χ0n) is 8.75. The Kier molecular flexibility index (Phi) is 3.85. The standard InChI is InChI=1S/C9H11ClF2N2O2/c1-4(3-6(15)16)14-8(9(11)12)7(10)5(2)13-14/h4,9H,3H2,1-2H3,(H,15,16). The minimum absolute atomic E-state index is 0.104. The Morgan fingerprint density at radius 3 is 2.62 bits per heavy atom. The molecule has 7 heteroatoms. The third kappa shape index (κ3) is 2.49. The predicted molar refractivity (Wildman–Crippen MR) is 53.9 cm³/mol. The molecule has 1 atom stereocenters. The van der Waals surface area contributed by atoms with Crippen LogP contribution in [0.2, 0.25) is 5.02 Å². The lowest BCUT2D eigenvalue weighted by Gasteiger charge is -2.13. The van der Waals surface area contributed by atoms with Crippen molar-refractivity contribution in [2.24, 2.45) is 0 Å². The molecule has 1 aromatic heterocycles. The molecule has 1 unspecified atom stereocenters. The zero-order valence-corrected chi connectivity index (χ0v) is 9.50. The molecule has 4 nitrogen and oxygen atoms in total. The van der Waals surface area contributed by atoms with Crippen LogP contribution in [0.5, 0.6) is 0 Å². The van der Waals surface area contributed by atoms with Crippen molar-refractivity contribution in [1.82, 2.24) is 9.78 Å². The summed E-state index contributed by atoms with van der Waals surface area (Å²) < 4.78 is 26.4. The average molecular weight is 253 g/mol. The largest absolute Gasteiger partial charge is 0.481 e. The van der Waals surface area contributed by atoms with E-state index >= 15 is 0 Å². The molecule has 0 aliphatic carbocycles. The van der Waals surface area contributed by atoms with E-state index in [4.69, 9.17) is 16.7 Å². The van der Waals surface area contributed by atoms with Gasteiger partial charge in [0.1, 0.15) is 5.69 Å². The van der Waals surface area contributed by atoms with Crippen molar-refractivity contribution >= 4 is 17.6 Å². The van der Waals surface area contributed by atoms with Crippen molar-refractivity contribution in [3.63, 3.8) is 0 Å². The van der Waals surface area contributed by atoms with Gasteiger partial charge in [-0.1, -0.05) is 11.6 Å². The summed E-state index contributed by atoms with van der Waals surface area (Å²) in [6, 6.07) is -0.660. The maximum atomic E-state index is 12.7. The van der Waals surface area contributed by atoms with Gasteiger partial charge in [-0.15, -0.1) is 0 Å². The molecule has 1 heterocycles. The van der Waals surface area contributed by atoms with Gasteiger partial charge in [-0.2, -0.15) is 5.10 Å². The lowest BCUT2D eigenvalue weighted by atomic mass is 10.2. The summed E-state index contributed by atoms with van der Waals surface area (Å²) in [4.78, 5) is 10.5. The number of nitrogens with zero attached hydrogens (tertiary/aromatic N) is 2. The lowest BCUT2D eigenvalue weighted by molar-refractivity contribution is -0.137. The maximum Gasteiger partial charge on any atom is 0.305 e. The van der Waals surface area contributed by atoms with Crippen LogP contribution in [0.15, 0.2) is 0 Å². The van der Waals surface area contributed by atoms with Crippen molar-refractivity contribution in [3.8, 4) is 0 Å². The quantitative estimate of drug-likeness (QED) is 0.896. The number of carbonyl (C=O) groups is 1. The van der Waals surface area contributed by atoms with Gasteiger partial charge in [0.15, 0.2) is 0 Å². The lowest BCUT2D eigenvalue weighted by Crippen LogP contribution is -2.14. The number of alkyl halides is 2. The Labute approximate surface area is 95.8 Å². The Hall–Kier alpha value is -1.17. The Morgan fingerprint density at radius 2 is 2.19 bits per heavy atom. The highest BCUT2D eigenvalue weighted by Crippen LogP contribution is 2.32. The highest BCUT2D eigenvalue weighted by atomic mass is 35.5. The number of halogens is 3. The zero-order chi connectivity index (χ0) is 12.5. The summed E-state index contributed by atoms with van der Waals surface area (Å²) in [5.41, 5.74) is -0.151. The van der Waals surface area contributed by atoms with E-state index in [-0.39, 0.29) is 17.1 Å². The van der Waals surface area contributed by atoms with Crippen LogP contribution < -0.4 is 0 Å². The van der Waals surface area contributed by atoms with E-state index in [0.29, 0.717) is 0 Å². The highest BCUT2D eigenvalue weighted by Gasteiger charge is 2.25. The SMILES string of the molecule is Cc1nn(C(C)CC(=O)O)c(C(F)F)c1Cl. The first-order valence-electron chi connectivity index (χ1n) is 4.59. The van der Waals surface area contributed by atoms with E-state index in [1.807, 2.05) is 0 Å². The number of carboxylic acid groups (broad SMARTS) is 1. The van der Waals surface area contributed by atoms with Crippen LogP contribution in [-0.2, 0) is 4.79 Å². The van der Waals surface area contributed by atoms with Gasteiger partial charge in [0, 0.05) is 0 Å². The molecule has 16 heavy (non-hydrogen) atoms. The van der Waals surface area contributed by atoms with Crippen molar-refractivity contribution in [1.29, 1.82) is 0 Å². The van der Waals surface area contributed by atoms with E-state index in [1.54, 1.807) is 0 Å². The topological polar surface area (TPSA) is 55.1 Å². The molecular formula is C9H11ClF2N2O2. The molecule has 0 aromatic carbocycles. The first kappa shape index (κ1) is 12.9. The molecule has 90 valence electrons. The molecule has 0 bridgehead atoms. The molecule has 0 amide bonds. The number of hydrogen-bond acceptors (Lipinski definition) is 2. The molecule has 0 aliphatic heterocycles. The molecule has 1 aromatic rings. The van der Waals surface area contributed by atoms with Crippen molar-refractivity contribution in [3.05, 3.63) is 16.4 Å². The summed E-state index contributed by atoms with van der Waals surface area (Å²) in [7, 11) is 0. The normalized spacial score (nSPS) is 13.1. The van der Waals surface area contributed by atoms with Gasteiger partial charge in [-0.25, -0.2) is 8.78 Å². The molecule has 0 saturated carbocycles. The summed E-state index contributed by atoms with van der Waals surface area (Å²) in [6.45, 7) is 3.00. The van der Waals surface area contributed by atoms with Crippen LogP contribution in [0.4, 0.5) is 8.78 Å². The second-order valence-corrected chi connectivity index (χ2v) is 3.85. The molecule has 0 aliphatic rings. The van der Waals surface area contributed by atoms with Crippen LogP contribution in [0.3, 0.4) is 0 Å². The fourth-order valence-electron chi connectivity index (χ4n) is 1.42. The molecule has 0 radical (unpaired) electrons. The van der Waals surface area contributed by atoms with Gasteiger partial charge in [-0.3, -0.25) is 9.48 Å². The highest BCUT2D eigenvalue weighted by molar-refractivity contribution is 6.31. The monoisotopic (exact) mass is 252 g/mol. The molecule has 1 rings (SSSR count). The summed E-state index contributed by atoms with van der Waals surface area (Å²) in [5, 5.41) is 12.3. The first-order chi connectivity index (χ1) is 7.34. The maximum absolute atomic E-state index is 12.7. The van der Waals surface area contributed by atoms with Gasteiger partial charge < -0.3 is 5.11 Å². The van der Waals surface area contributed by atoms with E-state index in [0.717, 1.165) is 4.68 Å². The number of aliphatic carboxylic acids is 1. The van der Waals surface area contributed by atoms with E-state index in [1.165, 1.54) is 13.8 Å². The summed E-state index contributed by atoms with van der Waals surface area (Å²) >= 11 is 5.68. The third-order valence-corrected chi connectivity index (χ3v) is 2.61. The van der Waals surface area contributed by atoms with Gasteiger partial charge in [0.2, 0.25) is 0 Å². The van der Waals surface area contributed by atoms with Crippen LogP contribution in [-0.4, -0.2) is 20.9 Å². The Balaban J connectivity index is 3.12. The number of rotatable bonds is 4. The Morgan fingerprint density at radius 1 is 1.62 bits per heavy atom. The number of carboxylic acids is 1. The first-order valence-corrected chi connectivity index (χ1v) is 4.96. The number of aromatic nitrogens is 2. The van der Waals surface area contributed by atoms with Crippen LogP contribution in [0, 0.1) is 6.92 Å². The number of hydrogen-bond donors (Lipinski definition) is 1. The van der Waals surface area contributed by atoms with E-state index in [2.05, 4.69) is 5.10 Å². The van der Waals surface area contributed by atoms with Crippen LogP contribution >= 0.6 is 11.6 Å². The molecule has 0 saturated heterocycles. The fourth-order valence-corrected chi connectivity index (χ4v) is 1.62. The second-order valence-electron chi connectivity index (χ2n) is 3.48. The number of aryl methyl sites for hydroxylation is 1. The van der Waals surface area contributed by atoms with Gasteiger partial charge in [0.25, 0.3) is 6.43 Å². The van der Waals surface area contributed by atoms with Crippen molar-refractivity contribution in [2.75, 3.05) is 0 Å². The van der Waals surface area contributed by atoms with Crippen LogP contribution in [0.1, 0.15) is 37.2 Å². The second kappa shape index (κ2) is 4.78. The summed E-state index contributed by atoms with van der Waals surface area (Å²) in [6.07, 6.45) is -3.05. The molecular weight excluding hydrogens is 242 g/mol. The smallest absolute Gasteiger partial charge is 0.305 e. The summed E-state index contributed by atoms with van der Waals surface area (Å²) in [5.74, 6) is -1.07. The molecule has 0 spiro atoms. The molecule has 1 N–H and O–H groups in total. The van der Waals surface area contributed by atoms with E-state index < -0.39 is 24.1 Å². The van der Waals surface area contributed by atoms with E-state index in [9.17, 15) is 13.6 Å². The minimum atomic E-state index is -2.77. The van der Waals surface area contributed by atoms with Gasteiger partial charge in [0.05, 0.1) is 23.2 Å². The van der Waals surface area contributed by atoms with Gasteiger partial charge >= 0.3 is 5.97 Å². The average Bonchev–Trinajstić information content (AvgIpc) is 2.42. The van der Waals surface area contributed by atoms with Crippen molar-refractivity contribution < 1.29 is 18.7 Å². The van der Waals surface area contributed by atoms with Crippen LogP contribution in [0.25, 0.3) is 0 Å².